The molecule has 0 bridgehead atoms. The lowest BCUT2D eigenvalue weighted by Gasteiger charge is -2.24. The zero-order valence-corrected chi connectivity index (χ0v) is 8.21. The van der Waals surface area contributed by atoms with Gasteiger partial charge in [0.15, 0.2) is 0 Å². The van der Waals surface area contributed by atoms with Gasteiger partial charge in [-0.15, -0.1) is 0 Å². The maximum Gasteiger partial charge on any atom is 0.237 e. The van der Waals surface area contributed by atoms with E-state index in [4.69, 9.17) is 0 Å². The molecule has 1 aliphatic heterocycles. The molecular weight excluding hydrogens is 176 g/mol. The predicted molar refractivity (Wildman–Crippen MR) is 54.8 cm³/mol. The zero-order valence-electron chi connectivity index (χ0n) is 8.21. The Kier molecular flexibility index (Phi) is 2.50. The van der Waals surface area contributed by atoms with Gasteiger partial charge in [0.2, 0.25) is 5.91 Å². The molecular formula is C11H14N2O. The summed E-state index contributed by atoms with van der Waals surface area (Å²) in [5.74, 6) is 0.0690. The van der Waals surface area contributed by atoms with Crippen molar-refractivity contribution in [2.45, 2.75) is 19.0 Å². The highest BCUT2D eigenvalue weighted by Gasteiger charge is 2.22. The first-order chi connectivity index (χ1) is 6.81. The molecule has 0 spiro atoms. The van der Waals surface area contributed by atoms with Crippen molar-refractivity contribution < 1.29 is 4.79 Å². The van der Waals surface area contributed by atoms with Gasteiger partial charge in [-0.3, -0.25) is 4.79 Å². The third-order valence-corrected chi connectivity index (χ3v) is 2.64. The standard InChI is InChI=1S/C11H14N2O/c1-12-11(14)10-6-8-4-2-3-5-9(8)7-13-10/h2-5,10,13H,6-7H2,1H3,(H,12,14). The van der Waals surface area contributed by atoms with Crippen LogP contribution in [-0.4, -0.2) is 19.0 Å². The van der Waals surface area contributed by atoms with E-state index in [9.17, 15) is 4.79 Å². The first kappa shape index (κ1) is 9.21. The number of hydrogen-bond acceptors (Lipinski definition) is 2. The van der Waals surface area contributed by atoms with Crippen molar-refractivity contribution in [2.75, 3.05) is 7.05 Å². The Labute approximate surface area is 83.5 Å². The van der Waals surface area contributed by atoms with Crippen LogP contribution in [0.25, 0.3) is 0 Å². The SMILES string of the molecule is CNC(=O)C1Cc2ccccc2CN1. The Bertz CT molecular complexity index is 349. The van der Waals surface area contributed by atoms with Crippen LogP contribution in [0.3, 0.4) is 0 Å². The Balaban J connectivity index is 2.17. The molecule has 0 radical (unpaired) electrons. The minimum absolute atomic E-state index is 0.0690. The fourth-order valence-corrected chi connectivity index (χ4v) is 1.81. The molecule has 0 fully saturated rings. The lowest BCUT2D eigenvalue weighted by Crippen LogP contribution is -2.46. The van der Waals surface area contributed by atoms with Crippen molar-refractivity contribution in [2.24, 2.45) is 0 Å². The maximum atomic E-state index is 11.4. The van der Waals surface area contributed by atoms with Crippen molar-refractivity contribution in [3.05, 3.63) is 35.4 Å². The fraction of sp³-hybridized carbons (Fsp3) is 0.364. The van der Waals surface area contributed by atoms with Gasteiger partial charge in [-0.1, -0.05) is 24.3 Å². The molecule has 3 nitrogen and oxygen atoms in total. The van der Waals surface area contributed by atoms with Crippen molar-refractivity contribution in [1.29, 1.82) is 0 Å². The monoisotopic (exact) mass is 190 g/mol. The lowest BCUT2D eigenvalue weighted by molar-refractivity contribution is -0.122. The smallest absolute Gasteiger partial charge is 0.237 e. The molecule has 2 rings (SSSR count). The average Bonchev–Trinajstić information content (AvgIpc) is 2.27. The summed E-state index contributed by atoms with van der Waals surface area (Å²) in [6.45, 7) is 0.786. The molecule has 74 valence electrons. The number of rotatable bonds is 1. The number of carbonyl (C=O) groups is 1. The second-order valence-electron chi connectivity index (χ2n) is 3.52. The van der Waals surface area contributed by atoms with Crippen LogP contribution in [0.1, 0.15) is 11.1 Å². The minimum atomic E-state index is -0.0742. The van der Waals surface area contributed by atoms with E-state index in [1.165, 1.54) is 11.1 Å². The first-order valence-electron chi connectivity index (χ1n) is 4.83. The van der Waals surface area contributed by atoms with Crippen LogP contribution in [0, 0.1) is 0 Å². The van der Waals surface area contributed by atoms with Crippen molar-refractivity contribution >= 4 is 5.91 Å². The zero-order chi connectivity index (χ0) is 9.97. The van der Waals surface area contributed by atoms with E-state index in [1.54, 1.807) is 7.05 Å². The van der Waals surface area contributed by atoms with Gasteiger partial charge in [0.1, 0.15) is 0 Å². The van der Waals surface area contributed by atoms with Crippen LogP contribution in [-0.2, 0) is 17.8 Å². The van der Waals surface area contributed by atoms with Crippen LogP contribution < -0.4 is 10.6 Å². The molecule has 1 aromatic rings. The summed E-state index contributed by atoms with van der Waals surface area (Å²) in [6.07, 6.45) is 0.788. The topological polar surface area (TPSA) is 41.1 Å². The summed E-state index contributed by atoms with van der Waals surface area (Å²) in [7, 11) is 1.67. The molecule has 0 aliphatic carbocycles. The second kappa shape index (κ2) is 3.80. The molecule has 0 saturated carbocycles. The summed E-state index contributed by atoms with van der Waals surface area (Å²) in [4.78, 5) is 11.4. The van der Waals surface area contributed by atoms with E-state index in [0.717, 1.165) is 13.0 Å². The first-order valence-corrected chi connectivity index (χ1v) is 4.83. The highest BCUT2D eigenvalue weighted by molar-refractivity contribution is 5.82. The van der Waals surface area contributed by atoms with Gasteiger partial charge < -0.3 is 10.6 Å². The van der Waals surface area contributed by atoms with Gasteiger partial charge in [0, 0.05) is 13.6 Å². The predicted octanol–water partition coefficient (Wildman–Crippen LogP) is 0.447. The van der Waals surface area contributed by atoms with Crippen molar-refractivity contribution in [3.63, 3.8) is 0 Å². The van der Waals surface area contributed by atoms with Gasteiger partial charge >= 0.3 is 0 Å². The second-order valence-corrected chi connectivity index (χ2v) is 3.52. The summed E-state index contributed by atoms with van der Waals surface area (Å²) in [6, 6.07) is 8.16. The van der Waals surface area contributed by atoms with Crippen LogP contribution in [0.2, 0.25) is 0 Å². The molecule has 2 N–H and O–H groups in total. The number of hydrogen-bond donors (Lipinski definition) is 2. The molecule has 1 aromatic carbocycles. The number of likely N-dealkylation sites (N-methyl/N-ethyl adjacent to an activating group) is 1. The highest BCUT2D eigenvalue weighted by atomic mass is 16.2. The summed E-state index contributed by atoms with van der Waals surface area (Å²) >= 11 is 0. The maximum absolute atomic E-state index is 11.4. The van der Waals surface area contributed by atoms with Gasteiger partial charge in [-0.05, 0) is 17.5 Å². The van der Waals surface area contributed by atoms with E-state index in [2.05, 4.69) is 22.8 Å². The van der Waals surface area contributed by atoms with Gasteiger partial charge in [0.05, 0.1) is 6.04 Å². The quantitative estimate of drug-likeness (QED) is 0.675. The van der Waals surface area contributed by atoms with Crippen molar-refractivity contribution in [3.8, 4) is 0 Å². The average molecular weight is 190 g/mol. The molecule has 3 heteroatoms. The van der Waals surface area contributed by atoms with Gasteiger partial charge in [-0.25, -0.2) is 0 Å². The number of fused-ring (bicyclic) bond motifs is 1. The lowest BCUT2D eigenvalue weighted by atomic mass is 9.95. The van der Waals surface area contributed by atoms with Crippen LogP contribution in [0.15, 0.2) is 24.3 Å². The summed E-state index contributed by atoms with van der Waals surface area (Å²) < 4.78 is 0. The van der Waals surface area contributed by atoms with Gasteiger partial charge in [0.25, 0.3) is 0 Å². The third kappa shape index (κ3) is 1.63. The van der Waals surface area contributed by atoms with Crippen LogP contribution >= 0.6 is 0 Å². The highest BCUT2D eigenvalue weighted by Crippen LogP contribution is 2.15. The van der Waals surface area contributed by atoms with Crippen LogP contribution in [0.5, 0.6) is 0 Å². The number of nitrogens with one attached hydrogen (secondary N) is 2. The van der Waals surface area contributed by atoms with Gasteiger partial charge in [-0.2, -0.15) is 0 Å². The van der Waals surface area contributed by atoms with E-state index < -0.39 is 0 Å². The Hall–Kier alpha value is -1.35. The van der Waals surface area contributed by atoms with Crippen molar-refractivity contribution in [1.82, 2.24) is 10.6 Å². The molecule has 1 heterocycles. The number of amides is 1. The summed E-state index contributed by atoms with van der Waals surface area (Å²) in [5.41, 5.74) is 2.58. The molecule has 0 saturated heterocycles. The van der Waals surface area contributed by atoms with E-state index in [1.807, 2.05) is 12.1 Å². The minimum Gasteiger partial charge on any atom is -0.358 e. The van der Waals surface area contributed by atoms with E-state index in [0.29, 0.717) is 0 Å². The molecule has 0 aromatic heterocycles. The Morgan fingerprint density at radius 1 is 1.43 bits per heavy atom. The normalized spacial score (nSPS) is 19.9. The molecule has 1 atom stereocenters. The molecule has 1 unspecified atom stereocenters. The summed E-state index contributed by atoms with van der Waals surface area (Å²) in [5, 5.41) is 5.88. The molecule has 1 amide bonds. The van der Waals surface area contributed by atoms with E-state index >= 15 is 0 Å². The molecule has 14 heavy (non-hydrogen) atoms. The largest absolute Gasteiger partial charge is 0.358 e. The number of benzene rings is 1. The molecule has 1 aliphatic rings. The Morgan fingerprint density at radius 2 is 2.14 bits per heavy atom. The number of carbonyl (C=O) groups excluding carboxylic acids is 1. The van der Waals surface area contributed by atoms with Crippen LogP contribution in [0.4, 0.5) is 0 Å². The Morgan fingerprint density at radius 3 is 2.86 bits per heavy atom. The fourth-order valence-electron chi connectivity index (χ4n) is 1.81. The van der Waals surface area contributed by atoms with E-state index in [-0.39, 0.29) is 11.9 Å². The third-order valence-electron chi connectivity index (χ3n) is 2.64.